The second-order valence-electron chi connectivity index (χ2n) is 4.88. The number of nitrogens with zero attached hydrogens (tertiary/aromatic N) is 1. The van der Waals surface area contributed by atoms with Crippen LogP contribution in [0.2, 0.25) is 0 Å². The van der Waals surface area contributed by atoms with Gasteiger partial charge in [0.05, 0.1) is 17.6 Å². The fourth-order valence-electron chi connectivity index (χ4n) is 1.77. The van der Waals surface area contributed by atoms with Crippen LogP contribution < -0.4 is 5.32 Å². The fraction of sp³-hybridized carbons (Fsp3) is 0.462. The molecule has 1 N–H and O–H groups in total. The van der Waals surface area contributed by atoms with E-state index in [9.17, 15) is 28.1 Å². The average Bonchev–Trinajstić information content (AvgIpc) is 2.42. The van der Waals surface area contributed by atoms with Gasteiger partial charge in [0.1, 0.15) is 11.7 Å². The van der Waals surface area contributed by atoms with Gasteiger partial charge in [0, 0.05) is 6.07 Å². The third-order valence-electron chi connectivity index (χ3n) is 2.95. The normalized spacial score (nSPS) is 12.9. The molecule has 0 saturated carbocycles. The molecule has 0 aliphatic carbocycles. The molecule has 0 aliphatic heterocycles. The predicted octanol–water partition coefficient (Wildman–Crippen LogP) is 3.22. The molecule has 0 aromatic heterocycles. The monoisotopic (exact) mass is 320 g/mol. The minimum Gasteiger partial charge on any atom is -0.467 e. The molecule has 1 aromatic rings. The van der Waals surface area contributed by atoms with Gasteiger partial charge in [0.25, 0.3) is 5.69 Å². The van der Waals surface area contributed by atoms with Crippen molar-refractivity contribution in [1.29, 1.82) is 0 Å². The van der Waals surface area contributed by atoms with Crippen molar-refractivity contribution in [1.82, 2.24) is 0 Å². The molecule has 6 nitrogen and oxygen atoms in total. The van der Waals surface area contributed by atoms with E-state index < -0.39 is 34.4 Å². The zero-order valence-electron chi connectivity index (χ0n) is 12.1. The van der Waals surface area contributed by atoms with Gasteiger partial charge in [0.15, 0.2) is 0 Å². The molecule has 0 saturated heterocycles. The van der Waals surface area contributed by atoms with Gasteiger partial charge < -0.3 is 10.1 Å². The van der Waals surface area contributed by atoms with Crippen molar-refractivity contribution in [2.24, 2.45) is 5.92 Å². The number of alkyl halides is 3. The molecule has 0 aliphatic rings. The Balaban J connectivity index is 3.24. The van der Waals surface area contributed by atoms with Crippen LogP contribution in [0, 0.1) is 16.0 Å². The Morgan fingerprint density at radius 2 is 1.95 bits per heavy atom. The molecule has 0 bridgehead atoms. The minimum absolute atomic E-state index is 0.179. The Morgan fingerprint density at radius 3 is 2.36 bits per heavy atom. The van der Waals surface area contributed by atoms with E-state index in [0.717, 1.165) is 13.2 Å². The number of carbonyl (C=O) groups excluding carboxylic acids is 1. The number of rotatable bonds is 5. The molecule has 1 aromatic carbocycles. The Kier molecular flexibility index (Phi) is 5.34. The highest BCUT2D eigenvalue weighted by Gasteiger charge is 2.34. The van der Waals surface area contributed by atoms with E-state index in [1.165, 1.54) is 0 Å². The number of nitrogens with one attached hydrogen (secondary N) is 1. The van der Waals surface area contributed by atoms with Crippen LogP contribution in [0.25, 0.3) is 0 Å². The lowest BCUT2D eigenvalue weighted by Crippen LogP contribution is -2.35. The van der Waals surface area contributed by atoms with Crippen LogP contribution in [0.15, 0.2) is 18.2 Å². The number of benzene rings is 1. The summed E-state index contributed by atoms with van der Waals surface area (Å²) in [6, 6.07) is 1.15. The van der Waals surface area contributed by atoms with Crippen molar-refractivity contribution in [3.63, 3.8) is 0 Å². The average molecular weight is 320 g/mol. The second kappa shape index (κ2) is 6.63. The molecule has 9 heteroatoms. The molecule has 0 amide bonds. The molecule has 0 heterocycles. The molecule has 0 fully saturated rings. The first kappa shape index (κ1) is 17.7. The van der Waals surface area contributed by atoms with Crippen LogP contribution in [0.1, 0.15) is 19.4 Å². The summed E-state index contributed by atoms with van der Waals surface area (Å²) in [4.78, 5) is 21.7. The van der Waals surface area contributed by atoms with E-state index in [1.807, 2.05) is 0 Å². The van der Waals surface area contributed by atoms with Crippen molar-refractivity contribution in [2.75, 3.05) is 12.4 Å². The summed E-state index contributed by atoms with van der Waals surface area (Å²) in [5.74, 6) is -0.946. The number of nitro benzene ring substituents is 1. The quantitative estimate of drug-likeness (QED) is 0.512. The SMILES string of the molecule is COC(=O)[C@H](Nc1ccc(C(F)(F)F)cc1[N+](=O)[O-])C(C)C. The van der Waals surface area contributed by atoms with Crippen LogP contribution >= 0.6 is 0 Å². The van der Waals surface area contributed by atoms with E-state index in [2.05, 4.69) is 10.1 Å². The predicted molar refractivity (Wildman–Crippen MR) is 72.4 cm³/mol. The molecule has 0 spiro atoms. The standard InChI is InChI=1S/C13H15F3N2O4/c1-7(2)11(12(19)22-3)17-9-5-4-8(13(14,15)16)6-10(9)18(20)21/h4-7,11,17H,1-3H3/t11-/m1/s1. The summed E-state index contributed by atoms with van der Waals surface area (Å²) < 4.78 is 42.4. The number of hydrogen-bond donors (Lipinski definition) is 1. The maximum Gasteiger partial charge on any atom is 0.416 e. The molecule has 1 rings (SSSR count). The lowest BCUT2D eigenvalue weighted by molar-refractivity contribution is -0.384. The van der Waals surface area contributed by atoms with Gasteiger partial charge >= 0.3 is 12.1 Å². The summed E-state index contributed by atoms with van der Waals surface area (Å²) >= 11 is 0. The van der Waals surface area contributed by atoms with Gasteiger partial charge in [-0.1, -0.05) is 13.8 Å². The second-order valence-corrected chi connectivity index (χ2v) is 4.88. The zero-order chi connectivity index (χ0) is 17.1. The van der Waals surface area contributed by atoms with Gasteiger partial charge in [-0.15, -0.1) is 0 Å². The van der Waals surface area contributed by atoms with Crippen molar-refractivity contribution in [2.45, 2.75) is 26.1 Å². The van der Waals surface area contributed by atoms with Crippen LogP contribution in [0.4, 0.5) is 24.5 Å². The molecule has 22 heavy (non-hydrogen) atoms. The van der Waals surface area contributed by atoms with Gasteiger partial charge in [-0.25, -0.2) is 4.79 Å². The number of hydrogen-bond acceptors (Lipinski definition) is 5. The summed E-state index contributed by atoms with van der Waals surface area (Å²) in [6.45, 7) is 3.34. The zero-order valence-corrected chi connectivity index (χ0v) is 12.1. The molecular weight excluding hydrogens is 305 g/mol. The van der Waals surface area contributed by atoms with Crippen molar-refractivity contribution in [3.05, 3.63) is 33.9 Å². The largest absolute Gasteiger partial charge is 0.467 e. The Morgan fingerprint density at radius 1 is 1.36 bits per heavy atom. The van der Waals surface area contributed by atoms with E-state index in [-0.39, 0.29) is 11.6 Å². The molecule has 0 unspecified atom stereocenters. The van der Waals surface area contributed by atoms with E-state index in [4.69, 9.17) is 0 Å². The number of carbonyl (C=O) groups is 1. The number of ether oxygens (including phenoxy) is 1. The summed E-state index contributed by atoms with van der Waals surface area (Å²) in [5.41, 5.74) is -2.07. The van der Waals surface area contributed by atoms with Gasteiger partial charge in [-0.2, -0.15) is 13.2 Å². The molecule has 0 radical (unpaired) electrons. The summed E-state index contributed by atoms with van der Waals surface area (Å²) in [7, 11) is 1.15. The van der Waals surface area contributed by atoms with Crippen LogP contribution in [0.3, 0.4) is 0 Å². The summed E-state index contributed by atoms with van der Waals surface area (Å²) in [5, 5.41) is 13.5. The topological polar surface area (TPSA) is 81.5 Å². The maximum absolute atomic E-state index is 12.6. The van der Waals surface area contributed by atoms with Crippen LogP contribution in [-0.4, -0.2) is 24.0 Å². The first-order valence-corrected chi connectivity index (χ1v) is 6.28. The Bertz CT molecular complexity index is 573. The lowest BCUT2D eigenvalue weighted by atomic mass is 10.0. The lowest BCUT2D eigenvalue weighted by Gasteiger charge is -2.21. The highest BCUT2D eigenvalue weighted by molar-refractivity contribution is 5.81. The van der Waals surface area contributed by atoms with Crippen LogP contribution in [0.5, 0.6) is 0 Å². The highest BCUT2D eigenvalue weighted by atomic mass is 19.4. The van der Waals surface area contributed by atoms with Crippen molar-refractivity contribution >= 4 is 17.3 Å². The fourth-order valence-corrected chi connectivity index (χ4v) is 1.77. The van der Waals surface area contributed by atoms with E-state index >= 15 is 0 Å². The van der Waals surface area contributed by atoms with Crippen molar-refractivity contribution < 1.29 is 27.6 Å². The molecule has 1 atom stereocenters. The first-order valence-electron chi connectivity index (χ1n) is 6.28. The molecular formula is C13H15F3N2O4. The Hall–Kier alpha value is -2.32. The molecule has 122 valence electrons. The third-order valence-corrected chi connectivity index (χ3v) is 2.95. The van der Waals surface area contributed by atoms with E-state index in [0.29, 0.717) is 12.1 Å². The van der Waals surface area contributed by atoms with Gasteiger partial charge in [-0.3, -0.25) is 10.1 Å². The maximum atomic E-state index is 12.6. The van der Waals surface area contributed by atoms with Crippen molar-refractivity contribution in [3.8, 4) is 0 Å². The smallest absolute Gasteiger partial charge is 0.416 e. The summed E-state index contributed by atoms with van der Waals surface area (Å²) in [6.07, 6.45) is -4.69. The number of anilines is 1. The number of esters is 1. The first-order chi connectivity index (χ1) is 10.1. The van der Waals surface area contributed by atoms with Gasteiger partial charge in [0.2, 0.25) is 0 Å². The highest BCUT2D eigenvalue weighted by Crippen LogP contribution is 2.35. The number of nitro groups is 1. The third kappa shape index (κ3) is 4.09. The van der Waals surface area contributed by atoms with E-state index in [1.54, 1.807) is 13.8 Å². The minimum atomic E-state index is -4.69. The Labute approximate surface area is 124 Å². The number of halogens is 3. The number of methoxy groups -OCH3 is 1. The van der Waals surface area contributed by atoms with Crippen LogP contribution in [-0.2, 0) is 15.7 Å². The van der Waals surface area contributed by atoms with Gasteiger partial charge in [-0.05, 0) is 18.1 Å².